The number of carbonyl (C=O) groups is 1. The lowest BCUT2D eigenvalue weighted by Gasteiger charge is -2.46. The first-order valence-electron chi connectivity index (χ1n) is 10.7. The number of methoxy groups -OCH3 is 1. The Bertz CT molecular complexity index is 1150. The summed E-state index contributed by atoms with van der Waals surface area (Å²) in [4.78, 5) is 21.3. The van der Waals surface area contributed by atoms with Gasteiger partial charge in [0.1, 0.15) is 5.75 Å². The van der Waals surface area contributed by atoms with Crippen molar-refractivity contribution in [3.8, 4) is 17.1 Å². The van der Waals surface area contributed by atoms with Crippen LogP contribution < -0.4 is 4.74 Å². The van der Waals surface area contributed by atoms with Crippen LogP contribution in [0.1, 0.15) is 22.0 Å². The Kier molecular flexibility index (Phi) is 6.29. The molecule has 2 aliphatic heterocycles. The lowest BCUT2D eigenvalue weighted by atomic mass is 10.0. The van der Waals surface area contributed by atoms with Gasteiger partial charge in [-0.25, -0.2) is 4.98 Å². The third-order valence-electron chi connectivity index (χ3n) is 6.26. The minimum Gasteiger partial charge on any atom is -0.495 e. The van der Waals surface area contributed by atoms with E-state index >= 15 is 0 Å². The quantitative estimate of drug-likeness (QED) is 0.537. The fraction of sp³-hybridized carbons (Fsp3) is 0.333. The number of halogens is 2. The maximum Gasteiger partial charge on any atom is 0.255 e. The number of carbonyl (C=O) groups excluding carboxylic acids is 1. The van der Waals surface area contributed by atoms with E-state index in [-0.39, 0.29) is 18.1 Å². The molecule has 0 saturated carbocycles. The number of nitrogens with zero attached hydrogens (tertiary/aromatic N) is 3. The van der Waals surface area contributed by atoms with E-state index in [0.717, 1.165) is 24.2 Å². The third-order valence-corrected chi connectivity index (χ3v) is 6.96. The highest BCUT2D eigenvalue weighted by Gasteiger charge is 2.36. The van der Waals surface area contributed by atoms with Gasteiger partial charge in [0.25, 0.3) is 5.91 Å². The smallest absolute Gasteiger partial charge is 0.255 e. The molecule has 1 aromatic heterocycles. The zero-order valence-electron chi connectivity index (χ0n) is 18.0. The zero-order valence-corrected chi connectivity index (χ0v) is 19.6. The summed E-state index contributed by atoms with van der Waals surface area (Å²) in [7, 11) is 1.54. The summed E-state index contributed by atoms with van der Waals surface area (Å²) < 4.78 is 16.8. The van der Waals surface area contributed by atoms with Crippen LogP contribution in [0.15, 0.2) is 53.4 Å². The number of benzene rings is 2. The van der Waals surface area contributed by atoms with Crippen molar-refractivity contribution in [2.45, 2.75) is 12.1 Å². The highest BCUT2D eigenvalue weighted by Crippen LogP contribution is 2.34. The monoisotopic (exact) mass is 487 g/mol. The Labute approximate surface area is 201 Å². The van der Waals surface area contributed by atoms with Crippen molar-refractivity contribution in [3.63, 3.8) is 0 Å². The second-order valence-electron chi connectivity index (χ2n) is 8.15. The molecule has 2 atom stereocenters. The van der Waals surface area contributed by atoms with Crippen molar-refractivity contribution in [1.29, 1.82) is 0 Å². The summed E-state index contributed by atoms with van der Waals surface area (Å²) in [6.07, 6.45) is 2.94. The summed E-state index contributed by atoms with van der Waals surface area (Å²) in [6, 6.07) is 11.3. The number of morpholine rings is 1. The van der Waals surface area contributed by atoms with Crippen LogP contribution in [0.5, 0.6) is 5.75 Å². The molecule has 3 heterocycles. The lowest BCUT2D eigenvalue weighted by molar-refractivity contribution is -0.0858. The van der Waals surface area contributed by atoms with Gasteiger partial charge in [0, 0.05) is 31.7 Å². The number of hydrogen-bond donors (Lipinski definition) is 0. The molecule has 172 valence electrons. The molecular formula is C24H23Cl2N3O4. The van der Waals surface area contributed by atoms with Gasteiger partial charge in [0.05, 0.1) is 47.7 Å². The number of amides is 1. The number of aromatic nitrogens is 1. The van der Waals surface area contributed by atoms with Crippen LogP contribution in [0.2, 0.25) is 10.0 Å². The Morgan fingerprint density at radius 3 is 2.82 bits per heavy atom. The van der Waals surface area contributed by atoms with Gasteiger partial charge in [-0.1, -0.05) is 35.3 Å². The average Bonchev–Trinajstić information content (AvgIpc) is 3.38. The van der Waals surface area contributed by atoms with Crippen molar-refractivity contribution in [1.82, 2.24) is 14.8 Å². The van der Waals surface area contributed by atoms with Gasteiger partial charge in [-0.2, -0.15) is 0 Å². The normalized spacial score (nSPS) is 21.0. The summed E-state index contributed by atoms with van der Waals surface area (Å²) in [5.74, 6) is 1.04. The Balaban J connectivity index is 1.25. The SMILES string of the molecule is COc1cccc(C(=O)N2CCN3C[C@@H](c4ccc(-c5cnco5)c(Cl)c4)OC[C@@H]3C2)c1Cl. The number of fused-ring (bicyclic) bond motifs is 1. The summed E-state index contributed by atoms with van der Waals surface area (Å²) >= 11 is 12.9. The molecule has 0 unspecified atom stereocenters. The van der Waals surface area contributed by atoms with Crippen LogP contribution in [-0.4, -0.2) is 66.6 Å². The number of oxazole rings is 1. The number of hydrogen-bond acceptors (Lipinski definition) is 6. The lowest BCUT2D eigenvalue weighted by Crippen LogP contribution is -2.59. The molecule has 0 spiro atoms. The van der Waals surface area contributed by atoms with Crippen LogP contribution >= 0.6 is 23.2 Å². The second-order valence-corrected chi connectivity index (χ2v) is 8.93. The summed E-state index contributed by atoms with van der Waals surface area (Å²) in [5.41, 5.74) is 2.28. The zero-order chi connectivity index (χ0) is 22.9. The van der Waals surface area contributed by atoms with Crippen LogP contribution in [0.3, 0.4) is 0 Å². The number of ether oxygens (including phenoxy) is 2. The van der Waals surface area contributed by atoms with Gasteiger partial charge >= 0.3 is 0 Å². The first kappa shape index (κ1) is 22.2. The van der Waals surface area contributed by atoms with Gasteiger partial charge in [0.15, 0.2) is 12.2 Å². The van der Waals surface area contributed by atoms with Crippen molar-refractivity contribution >= 4 is 29.1 Å². The summed E-state index contributed by atoms with van der Waals surface area (Å²) in [6.45, 7) is 3.25. The Morgan fingerprint density at radius 2 is 2.06 bits per heavy atom. The van der Waals surface area contributed by atoms with Gasteiger partial charge in [-0.05, 0) is 29.8 Å². The Morgan fingerprint density at radius 1 is 1.18 bits per heavy atom. The molecule has 9 heteroatoms. The van der Waals surface area contributed by atoms with E-state index in [1.807, 2.05) is 23.1 Å². The van der Waals surface area contributed by atoms with E-state index in [1.165, 1.54) is 6.39 Å². The van der Waals surface area contributed by atoms with Gasteiger partial charge in [0.2, 0.25) is 0 Å². The minimum atomic E-state index is -0.0875. The molecule has 2 saturated heterocycles. The predicted molar refractivity (Wildman–Crippen MR) is 125 cm³/mol. The standard InChI is InChI=1S/C24H23Cl2N3O4/c1-31-20-4-2-3-18(23(20)26)24(30)29-8-7-28-12-22(32-13-16(28)11-29)15-5-6-17(19(25)9-15)21-10-27-14-33-21/h2-6,9-10,14,16,22H,7-8,11-13H2,1H3/t16-,22-/m0/s1. The maximum atomic E-state index is 13.1. The molecule has 33 heavy (non-hydrogen) atoms. The van der Waals surface area contributed by atoms with E-state index in [2.05, 4.69) is 9.88 Å². The van der Waals surface area contributed by atoms with E-state index in [0.29, 0.717) is 46.8 Å². The van der Waals surface area contributed by atoms with Gasteiger partial charge in [-0.15, -0.1) is 0 Å². The first-order valence-corrected chi connectivity index (χ1v) is 11.5. The topological polar surface area (TPSA) is 68.0 Å². The fourth-order valence-corrected chi connectivity index (χ4v) is 5.02. The number of piperazine rings is 1. The third kappa shape index (κ3) is 4.34. The van der Waals surface area contributed by atoms with Crippen LogP contribution in [0.25, 0.3) is 11.3 Å². The fourth-order valence-electron chi connectivity index (χ4n) is 4.45. The molecule has 7 nitrogen and oxygen atoms in total. The highest BCUT2D eigenvalue weighted by molar-refractivity contribution is 6.35. The molecule has 0 radical (unpaired) electrons. The maximum absolute atomic E-state index is 13.1. The number of rotatable bonds is 4. The largest absolute Gasteiger partial charge is 0.495 e. The van der Waals surface area contributed by atoms with Crippen molar-refractivity contribution in [2.24, 2.45) is 0 Å². The molecule has 3 aromatic rings. The molecule has 0 aliphatic carbocycles. The van der Waals surface area contributed by atoms with Crippen molar-refractivity contribution in [2.75, 3.05) is 39.9 Å². The van der Waals surface area contributed by atoms with E-state index in [9.17, 15) is 4.79 Å². The molecule has 0 bridgehead atoms. The second kappa shape index (κ2) is 9.35. The van der Waals surface area contributed by atoms with Gasteiger partial charge < -0.3 is 18.8 Å². The van der Waals surface area contributed by atoms with Crippen LogP contribution in [0, 0.1) is 0 Å². The van der Waals surface area contributed by atoms with Crippen LogP contribution in [-0.2, 0) is 4.74 Å². The molecule has 0 N–H and O–H groups in total. The van der Waals surface area contributed by atoms with Crippen molar-refractivity contribution in [3.05, 3.63) is 70.2 Å². The first-order chi connectivity index (χ1) is 16.0. The van der Waals surface area contributed by atoms with E-state index in [1.54, 1.807) is 31.5 Å². The van der Waals surface area contributed by atoms with E-state index in [4.69, 9.17) is 37.1 Å². The average molecular weight is 488 g/mol. The van der Waals surface area contributed by atoms with Crippen LogP contribution in [0.4, 0.5) is 0 Å². The molecule has 2 aliphatic rings. The summed E-state index contributed by atoms with van der Waals surface area (Å²) in [5, 5.41) is 0.943. The van der Waals surface area contributed by atoms with E-state index < -0.39 is 0 Å². The molecule has 2 fully saturated rings. The molecule has 5 rings (SSSR count). The molecule has 1 amide bonds. The minimum absolute atomic E-state index is 0.0855. The highest BCUT2D eigenvalue weighted by atomic mass is 35.5. The van der Waals surface area contributed by atoms with Crippen molar-refractivity contribution < 1.29 is 18.7 Å². The predicted octanol–water partition coefficient (Wildman–Crippen LogP) is 4.55. The van der Waals surface area contributed by atoms with Gasteiger partial charge in [-0.3, -0.25) is 9.69 Å². The molecular weight excluding hydrogens is 465 g/mol. The molecule has 2 aromatic carbocycles. The Hall–Kier alpha value is -2.58.